The van der Waals surface area contributed by atoms with Crippen molar-refractivity contribution in [3.05, 3.63) is 94.6 Å². The van der Waals surface area contributed by atoms with Crippen molar-refractivity contribution in [3.8, 4) is 0 Å². The summed E-state index contributed by atoms with van der Waals surface area (Å²) >= 11 is 0. The predicted molar refractivity (Wildman–Crippen MR) is 159 cm³/mol. The van der Waals surface area contributed by atoms with Crippen LogP contribution in [0.25, 0.3) is 0 Å². The molecule has 0 spiro atoms. The van der Waals surface area contributed by atoms with Crippen LogP contribution in [0.4, 0.5) is 0 Å². The van der Waals surface area contributed by atoms with Crippen LogP contribution in [-0.2, 0) is 32.1 Å². The third kappa shape index (κ3) is 4.12. The SMILES string of the molecule is C[C@]12C=CC(=O)C=C1CC[C@@H]1[C@@H]2[C@@H](O)C[C@@]2(C)[C@H]1C[C@H]1O[C@@H](c3ccc(Cc4ccccc4CO)cc3)O[C@]12C(=O)CO. The van der Waals surface area contributed by atoms with Gasteiger partial charge < -0.3 is 24.8 Å². The number of benzene rings is 2. The van der Waals surface area contributed by atoms with E-state index in [1.54, 1.807) is 12.2 Å². The van der Waals surface area contributed by atoms with E-state index in [2.05, 4.69) is 6.92 Å². The molecule has 1 heterocycles. The molecule has 0 unspecified atom stereocenters. The van der Waals surface area contributed by atoms with Gasteiger partial charge in [0.2, 0.25) is 0 Å². The van der Waals surface area contributed by atoms with E-state index in [-0.39, 0.29) is 30.1 Å². The molecule has 0 aromatic heterocycles. The molecule has 1 aliphatic heterocycles. The fourth-order valence-electron chi connectivity index (χ4n) is 9.73. The highest BCUT2D eigenvalue weighted by Crippen LogP contribution is 2.70. The van der Waals surface area contributed by atoms with Crippen molar-refractivity contribution < 1.29 is 34.4 Å². The first-order chi connectivity index (χ1) is 20.6. The van der Waals surface area contributed by atoms with Crippen molar-refractivity contribution in [1.29, 1.82) is 0 Å². The van der Waals surface area contributed by atoms with E-state index < -0.39 is 47.3 Å². The number of ketones is 2. The number of hydrogen-bond donors (Lipinski definition) is 3. The van der Waals surface area contributed by atoms with Gasteiger partial charge in [0.05, 0.1) is 18.8 Å². The van der Waals surface area contributed by atoms with Crippen LogP contribution in [0.5, 0.6) is 0 Å². The second-order valence-corrected chi connectivity index (χ2v) is 13.7. The van der Waals surface area contributed by atoms with Gasteiger partial charge in [0, 0.05) is 22.3 Å². The van der Waals surface area contributed by atoms with E-state index in [1.165, 1.54) is 0 Å². The molecule has 3 N–H and O–H groups in total. The van der Waals surface area contributed by atoms with Crippen molar-refractivity contribution in [2.45, 2.75) is 76.7 Å². The molecular formula is C36H40O7. The summed E-state index contributed by atoms with van der Waals surface area (Å²) in [6.07, 6.45) is 6.58. The van der Waals surface area contributed by atoms with Gasteiger partial charge in [0.25, 0.3) is 0 Å². The average molecular weight is 585 g/mol. The van der Waals surface area contributed by atoms with Crippen LogP contribution in [0.2, 0.25) is 0 Å². The number of Topliss-reactive ketones (excluding diaryl/α,β-unsaturated/α-hetero) is 1. The Kier molecular flexibility index (Phi) is 6.91. The summed E-state index contributed by atoms with van der Waals surface area (Å²) in [7, 11) is 0. The molecule has 3 saturated carbocycles. The lowest BCUT2D eigenvalue weighted by molar-refractivity contribution is -0.201. The lowest BCUT2D eigenvalue weighted by Gasteiger charge is -2.59. The third-order valence-corrected chi connectivity index (χ3v) is 11.7. The molecule has 7 heteroatoms. The van der Waals surface area contributed by atoms with Crippen molar-refractivity contribution in [3.63, 3.8) is 0 Å². The molecule has 5 aliphatic rings. The minimum absolute atomic E-state index is 0.000179. The highest BCUT2D eigenvalue weighted by atomic mass is 16.7. The van der Waals surface area contributed by atoms with Crippen LogP contribution in [0, 0.1) is 28.6 Å². The molecule has 4 fully saturated rings. The fraction of sp³-hybridized carbons (Fsp3) is 0.500. The number of carbonyl (C=O) groups is 2. The zero-order valence-electron chi connectivity index (χ0n) is 24.7. The second kappa shape index (κ2) is 10.3. The Balaban J connectivity index is 1.17. The van der Waals surface area contributed by atoms with Gasteiger partial charge >= 0.3 is 0 Å². The molecule has 0 amide bonds. The number of fused-ring (bicyclic) bond motifs is 7. The lowest BCUT2D eigenvalue weighted by Crippen LogP contribution is -2.63. The van der Waals surface area contributed by atoms with E-state index in [0.29, 0.717) is 19.3 Å². The molecule has 7 nitrogen and oxygen atoms in total. The third-order valence-electron chi connectivity index (χ3n) is 11.7. The maximum atomic E-state index is 13.8. The molecule has 2 aromatic carbocycles. The van der Waals surface area contributed by atoms with E-state index in [0.717, 1.165) is 40.7 Å². The van der Waals surface area contributed by atoms with Gasteiger partial charge in [-0.25, -0.2) is 0 Å². The predicted octanol–water partition coefficient (Wildman–Crippen LogP) is 4.37. The molecule has 43 heavy (non-hydrogen) atoms. The highest BCUT2D eigenvalue weighted by molar-refractivity contribution is 6.01. The molecule has 2 aromatic rings. The van der Waals surface area contributed by atoms with Gasteiger partial charge in [-0.2, -0.15) is 0 Å². The number of allylic oxidation sites excluding steroid dienone is 4. The quantitative estimate of drug-likeness (QED) is 0.462. The Bertz CT molecular complexity index is 1510. The van der Waals surface area contributed by atoms with Crippen LogP contribution >= 0.6 is 0 Å². The second-order valence-electron chi connectivity index (χ2n) is 13.7. The van der Waals surface area contributed by atoms with Crippen LogP contribution < -0.4 is 0 Å². The first-order valence-electron chi connectivity index (χ1n) is 15.5. The Labute approximate surface area is 252 Å². The smallest absolute Gasteiger partial charge is 0.193 e. The number of ether oxygens (including phenoxy) is 2. The molecule has 7 rings (SSSR count). The maximum absolute atomic E-state index is 13.8. The standard InChI is InChI=1S/C36H40O7/c1-34-14-13-26(39)16-25(34)11-12-27-28-17-31-36(30(41)20-38,35(28,2)18-29(40)32(27)34)43-33(42-31)22-9-7-21(8-10-22)15-23-5-3-4-6-24(23)19-37/h3-10,13-14,16,27-29,31-33,37-38,40H,11-12,15,17-20H2,1-2H3/t27-,28-,29-,31+,32+,33+,34-,35-,36+/m0/s1. The number of aliphatic hydroxyl groups is 3. The first-order valence-corrected chi connectivity index (χ1v) is 15.5. The average Bonchev–Trinajstić information content (AvgIpc) is 3.50. The summed E-state index contributed by atoms with van der Waals surface area (Å²) in [5.74, 6) is -0.289. The number of hydrogen-bond acceptors (Lipinski definition) is 7. The molecule has 1 saturated heterocycles. The summed E-state index contributed by atoms with van der Waals surface area (Å²) in [6, 6.07) is 15.8. The first kappa shape index (κ1) is 28.8. The lowest BCUT2D eigenvalue weighted by atomic mass is 9.46. The summed E-state index contributed by atoms with van der Waals surface area (Å²) in [5, 5.41) is 31.7. The van der Waals surface area contributed by atoms with Gasteiger partial charge in [-0.1, -0.05) is 74.0 Å². The molecule has 0 bridgehead atoms. The number of carbonyl (C=O) groups excluding carboxylic acids is 2. The number of rotatable bonds is 6. The Morgan fingerprint density at radius 2 is 1.79 bits per heavy atom. The Hall–Kier alpha value is -2.94. The molecule has 226 valence electrons. The largest absolute Gasteiger partial charge is 0.393 e. The van der Waals surface area contributed by atoms with Gasteiger partial charge in [-0.3, -0.25) is 9.59 Å². The summed E-state index contributed by atoms with van der Waals surface area (Å²) in [5.41, 5.74) is 2.42. The van der Waals surface area contributed by atoms with Crippen molar-refractivity contribution in [2.24, 2.45) is 28.6 Å². The van der Waals surface area contributed by atoms with Crippen molar-refractivity contribution >= 4 is 11.6 Å². The normalized spacial score (nSPS) is 39.5. The fourth-order valence-corrected chi connectivity index (χ4v) is 9.73. The zero-order chi connectivity index (χ0) is 30.1. The monoisotopic (exact) mass is 584 g/mol. The van der Waals surface area contributed by atoms with Gasteiger partial charge in [0.15, 0.2) is 23.5 Å². The summed E-state index contributed by atoms with van der Waals surface area (Å²) in [6.45, 7) is 3.51. The minimum atomic E-state index is -1.36. The summed E-state index contributed by atoms with van der Waals surface area (Å²) in [4.78, 5) is 25.9. The molecule has 9 atom stereocenters. The Morgan fingerprint density at radius 3 is 2.51 bits per heavy atom. The number of aliphatic hydroxyl groups excluding tert-OH is 3. The molecular weight excluding hydrogens is 544 g/mol. The van der Waals surface area contributed by atoms with E-state index in [4.69, 9.17) is 9.47 Å². The van der Waals surface area contributed by atoms with Gasteiger partial charge in [-0.05, 0) is 72.8 Å². The highest BCUT2D eigenvalue weighted by Gasteiger charge is 2.75. The van der Waals surface area contributed by atoms with E-state index in [1.807, 2.05) is 61.5 Å². The maximum Gasteiger partial charge on any atom is 0.193 e. The van der Waals surface area contributed by atoms with Crippen LogP contribution in [-0.4, -0.2) is 51.3 Å². The molecule has 4 aliphatic carbocycles. The Morgan fingerprint density at radius 1 is 1.05 bits per heavy atom. The van der Waals surface area contributed by atoms with Crippen molar-refractivity contribution in [2.75, 3.05) is 6.61 Å². The molecule has 0 radical (unpaired) electrons. The van der Waals surface area contributed by atoms with Gasteiger partial charge in [-0.15, -0.1) is 0 Å². The topological polar surface area (TPSA) is 113 Å². The van der Waals surface area contributed by atoms with E-state index >= 15 is 0 Å². The van der Waals surface area contributed by atoms with Crippen LogP contribution in [0.1, 0.15) is 68.1 Å². The van der Waals surface area contributed by atoms with E-state index in [9.17, 15) is 24.9 Å². The van der Waals surface area contributed by atoms with Crippen LogP contribution in [0.15, 0.2) is 72.3 Å². The van der Waals surface area contributed by atoms with Crippen molar-refractivity contribution in [1.82, 2.24) is 0 Å². The van der Waals surface area contributed by atoms with Crippen LogP contribution in [0.3, 0.4) is 0 Å². The summed E-state index contributed by atoms with van der Waals surface area (Å²) < 4.78 is 13.3. The minimum Gasteiger partial charge on any atom is -0.393 e. The van der Waals surface area contributed by atoms with Gasteiger partial charge in [0.1, 0.15) is 6.61 Å². The zero-order valence-corrected chi connectivity index (χ0v) is 24.7.